The normalized spacial score (nSPS) is 12.7. The Morgan fingerprint density at radius 3 is 2.33 bits per heavy atom. The van der Waals surface area contributed by atoms with E-state index in [1.807, 2.05) is 32.9 Å². The van der Waals surface area contributed by atoms with Crippen LogP contribution in [0, 0.1) is 0 Å². The van der Waals surface area contributed by atoms with E-state index in [9.17, 15) is 0 Å². The Kier molecular flexibility index (Phi) is 15.9. The first kappa shape index (κ1) is 30.0. The lowest BCUT2D eigenvalue weighted by Crippen LogP contribution is -1.89. The van der Waals surface area contributed by atoms with Gasteiger partial charge in [-0.2, -0.15) is 0 Å². The molecule has 0 fully saturated rings. The monoisotopic (exact) mass is 484 g/mol. The zero-order valence-electron chi connectivity index (χ0n) is 19.9. The van der Waals surface area contributed by atoms with Crippen LogP contribution in [0.15, 0.2) is 114 Å². The van der Waals surface area contributed by atoms with E-state index in [4.69, 9.17) is 33.7 Å². The Balaban J connectivity index is 0.000000653. The van der Waals surface area contributed by atoms with E-state index in [2.05, 4.69) is 43.8 Å². The maximum absolute atomic E-state index is 6.09. The average Bonchev–Trinajstić information content (AvgIpc) is 2.80. The molecular formula is C28H34Cl2N2O. The molecule has 33 heavy (non-hydrogen) atoms. The van der Waals surface area contributed by atoms with E-state index in [1.54, 1.807) is 42.6 Å². The van der Waals surface area contributed by atoms with Gasteiger partial charge in [-0.3, -0.25) is 4.99 Å². The number of ether oxygens (including phenoxy) is 1. The average molecular weight is 485 g/mol. The van der Waals surface area contributed by atoms with Gasteiger partial charge < -0.3 is 10.5 Å². The van der Waals surface area contributed by atoms with Crippen molar-refractivity contribution in [3.8, 4) is 0 Å². The molecule has 0 amide bonds. The fourth-order valence-electron chi connectivity index (χ4n) is 2.30. The Hall–Kier alpha value is -3.01. The quantitative estimate of drug-likeness (QED) is 0.205. The Bertz CT molecular complexity index is 993. The summed E-state index contributed by atoms with van der Waals surface area (Å²) >= 11 is 11.9. The van der Waals surface area contributed by atoms with Gasteiger partial charge in [-0.15, -0.1) is 0 Å². The molecule has 0 unspecified atom stereocenters. The lowest BCUT2D eigenvalue weighted by molar-refractivity contribution is 0.244. The molecule has 5 heteroatoms. The van der Waals surface area contributed by atoms with Crippen LogP contribution in [0.25, 0.3) is 5.70 Å². The fraction of sp³-hybridized carbons (Fsp3) is 0.179. The van der Waals surface area contributed by atoms with Gasteiger partial charge in [0.25, 0.3) is 0 Å². The molecule has 0 saturated heterocycles. The van der Waals surface area contributed by atoms with Crippen LogP contribution >= 0.6 is 23.2 Å². The van der Waals surface area contributed by atoms with Gasteiger partial charge in [-0.05, 0) is 74.8 Å². The van der Waals surface area contributed by atoms with Crippen molar-refractivity contribution in [1.82, 2.24) is 0 Å². The predicted molar refractivity (Wildman–Crippen MR) is 149 cm³/mol. The molecule has 0 aliphatic heterocycles. The van der Waals surface area contributed by atoms with Crippen LogP contribution in [0.3, 0.4) is 0 Å². The highest BCUT2D eigenvalue weighted by atomic mass is 35.5. The van der Waals surface area contributed by atoms with Gasteiger partial charge in [-0.25, -0.2) is 0 Å². The van der Waals surface area contributed by atoms with Crippen LogP contribution < -0.4 is 5.73 Å². The Morgan fingerprint density at radius 1 is 1.12 bits per heavy atom. The number of nitrogens with two attached hydrogens (primary N) is 1. The number of nitrogens with zero attached hydrogens (tertiary/aromatic N) is 1. The molecule has 0 radical (unpaired) electrons. The number of halogens is 2. The van der Waals surface area contributed by atoms with Gasteiger partial charge in [0.15, 0.2) is 0 Å². The zero-order chi connectivity index (χ0) is 25.2. The smallest absolute Gasteiger partial charge is 0.112 e. The number of aliphatic imine (C=N–C) groups is 1. The molecule has 176 valence electrons. The molecule has 0 spiro atoms. The van der Waals surface area contributed by atoms with Crippen LogP contribution in [0.4, 0.5) is 0 Å². The number of hydrogen-bond acceptors (Lipinski definition) is 3. The zero-order valence-corrected chi connectivity index (χ0v) is 21.5. The number of benzene rings is 1. The van der Waals surface area contributed by atoms with E-state index in [-0.39, 0.29) is 0 Å². The van der Waals surface area contributed by atoms with E-state index >= 15 is 0 Å². The minimum absolute atomic E-state index is 0.501. The third kappa shape index (κ3) is 12.6. The maximum Gasteiger partial charge on any atom is 0.112 e. The highest BCUT2D eigenvalue weighted by Gasteiger charge is 2.05. The van der Waals surface area contributed by atoms with E-state index in [0.29, 0.717) is 28.1 Å². The summed E-state index contributed by atoms with van der Waals surface area (Å²) in [5.41, 5.74) is 10.1. The minimum Gasteiger partial charge on any atom is -0.495 e. The number of rotatable bonds is 10. The molecule has 1 rings (SSSR count). The van der Waals surface area contributed by atoms with E-state index in [0.717, 1.165) is 11.1 Å². The van der Waals surface area contributed by atoms with E-state index < -0.39 is 0 Å². The molecule has 0 heterocycles. The second-order valence-electron chi connectivity index (χ2n) is 6.54. The molecule has 0 saturated carbocycles. The first-order valence-electron chi connectivity index (χ1n) is 10.4. The molecule has 0 bridgehead atoms. The van der Waals surface area contributed by atoms with Crippen LogP contribution in [-0.4, -0.2) is 12.8 Å². The first-order valence-corrected chi connectivity index (χ1v) is 11.2. The fourth-order valence-corrected chi connectivity index (χ4v) is 2.80. The summed E-state index contributed by atoms with van der Waals surface area (Å²) in [5.74, 6) is 0.704. The van der Waals surface area contributed by atoms with Crippen LogP contribution in [-0.2, 0) is 4.74 Å². The van der Waals surface area contributed by atoms with Gasteiger partial charge in [0, 0.05) is 23.0 Å². The van der Waals surface area contributed by atoms with Gasteiger partial charge in [0.05, 0.1) is 17.3 Å². The third-order valence-electron chi connectivity index (χ3n) is 4.22. The SMILES string of the molecule is C=C(\C=C/C(=C\C)C(/C)=C/C)OCC.C=CC(=C)/C=C/C=N/C(=C\N)c1ccc(Cl)cc1Cl. The lowest BCUT2D eigenvalue weighted by atomic mass is 10.1. The van der Waals surface area contributed by atoms with E-state index in [1.165, 1.54) is 17.3 Å². The molecule has 0 aliphatic rings. The molecule has 0 atom stereocenters. The van der Waals surface area contributed by atoms with Crippen LogP contribution in [0.2, 0.25) is 10.0 Å². The van der Waals surface area contributed by atoms with Gasteiger partial charge in [0.2, 0.25) is 0 Å². The maximum atomic E-state index is 6.09. The molecule has 1 aromatic rings. The Morgan fingerprint density at radius 2 is 1.82 bits per heavy atom. The molecule has 2 N–H and O–H groups in total. The molecule has 0 aromatic heterocycles. The first-order chi connectivity index (χ1) is 15.7. The lowest BCUT2D eigenvalue weighted by Gasteiger charge is -2.04. The second-order valence-corrected chi connectivity index (χ2v) is 7.38. The summed E-state index contributed by atoms with van der Waals surface area (Å²) in [4.78, 5) is 4.23. The van der Waals surface area contributed by atoms with Gasteiger partial charge in [-0.1, -0.05) is 73.3 Å². The van der Waals surface area contributed by atoms with Crippen molar-refractivity contribution < 1.29 is 4.74 Å². The Labute approximate surface area is 209 Å². The molecule has 1 aromatic carbocycles. The number of hydrogen-bond donors (Lipinski definition) is 1. The van der Waals surface area contributed by atoms with Crippen LogP contribution in [0.5, 0.6) is 0 Å². The van der Waals surface area contributed by atoms with Crippen molar-refractivity contribution in [1.29, 1.82) is 0 Å². The van der Waals surface area contributed by atoms with Crippen molar-refractivity contribution in [2.45, 2.75) is 27.7 Å². The van der Waals surface area contributed by atoms with Gasteiger partial charge in [0.1, 0.15) is 5.76 Å². The summed E-state index contributed by atoms with van der Waals surface area (Å²) in [5, 5.41) is 1.07. The summed E-state index contributed by atoms with van der Waals surface area (Å²) in [6.45, 7) is 19.9. The summed E-state index contributed by atoms with van der Waals surface area (Å²) in [6.07, 6.45) is 16.3. The topological polar surface area (TPSA) is 47.6 Å². The summed E-state index contributed by atoms with van der Waals surface area (Å²) in [6, 6.07) is 5.15. The molecular weight excluding hydrogens is 451 g/mol. The minimum atomic E-state index is 0.501. The second kappa shape index (κ2) is 17.5. The highest BCUT2D eigenvalue weighted by Crippen LogP contribution is 2.27. The highest BCUT2D eigenvalue weighted by molar-refractivity contribution is 6.35. The summed E-state index contributed by atoms with van der Waals surface area (Å²) < 4.78 is 5.22. The van der Waals surface area contributed by atoms with Crippen molar-refractivity contribution in [3.05, 3.63) is 125 Å². The summed E-state index contributed by atoms with van der Waals surface area (Å²) in [7, 11) is 0. The van der Waals surface area contributed by atoms with Crippen molar-refractivity contribution in [2.24, 2.45) is 10.7 Å². The van der Waals surface area contributed by atoms with Crippen molar-refractivity contribution in [2.75, 3.05) is 6.61 Å². The van der Waals surface area contributed by atoms with Crippen LogP contribution in [0.1, 0.15) is 33.3 Å². The molecule has 0 aliphatic carbocycles. The molecule has 3 nitrogen and oxygen atoms in total. The van der Waals surface area contributed by atoms with Crippen molar-refractivity contribution >= 4 is 35.1 Å². The predicted octanol–water partition coefficient (Wildman–Crippen LogP) is 8.63. The largest absolute Gasteiger partial charge is 0.495 e. The third-order valence-corrected chi connectivity index (χ3v) is 4.76. The van der Waals surface area contributed by atoms with Crippen molar-refractivity contribution in [3.63, 3.8) is 0 Å². The number of allylic oxidation sites excluding steroid dienone is 10. The standard InChI is InChI=1S/C15H14Cl2N2.C13H20O/c1-3-11(2)5-4-8-19-15(10-18)13-7-6-12(16)9-14(13)17;1-6-11(4)13(7-2)10-9-12(5)14-8-3/h3-10H,1-2,18H2;6-7,9-10H,5,8H2,1-4H3/b5-4+,15-10-,19-8+;10-9-,11-6+,13-7+. The van der Waals surface area contributed by atoms with Gasteiger partial charge >= 0.3 is 0 Å².